The molecule has 0 saturated heterocycles. The van der Waals surface area contributed by atoms with Crippen LogP contribution >= 0.6 is 22.7 Å². The summed E-state index contributed by atoms with van der Waals surface area (Å²) in [5.41, 5.74) is 0.758. The Morgan fingerprint density at radius 1 is 1.14 bits per heavy atom. The van der Waals surface area contributed by atoms with E-state index in [1.807, 2.05) is 5.38 Å². The lowest BCUT2D eigenvalue weighted by Gasteiger charge is -2.11. The molecule has 0 aliphatic carbocycles. The van der Waals surface area contributed by atoms with Crippen LogP contribution in [0.25, 0.3) is 0 Å². The number of nitro groups is 1. The third-order valence-electron chi connectivity index (χ3n) is 3.60. The number of hydrogen-bond donors (Lipinski definition) is 1. The number of nitrogens with zero attached hydrogens (tertiary/aromatic N) is 1. The first-order valence-corrected chi connectivity index (χ1v) is 9.62. The summed E-state index contributed by atoms with van der Waals surface area (Å²) in [7, 11) is 1.43. The summed E-state index contributed by atoms with van der Waals surface area (Å²) >= 11 is 2.08. The van der Waals surface area contributed by atoms with Crippen LogP contribution in [0, 0.1) is 10.1 Å². The SMILES string of the molecule is COc1cc(CNC(=O)c2cccs2)ccc1OC(=O)c1ccc([N+](=O)[O-])s1. The number of methoxy groups -OCH3 is 1. The normalized spacial score (nSPS) is 10.3. The van der Waals surface area contributed by atoms with Gasteiger partial charge in [0, 0.05) is 12.6 Å². The Labute approximate surface area is 167 Å². The lowest BCUT2D eigenvalue weighted by atomic mass is 10.2. The third-order valence-corrected chi connectivity index (χ3v) is 5.49. The number of carbonyl (C=O) groups is 2. The lowest BCUT2D eigenvalue weighted by molar-refractivity contribution is -0.380. The van der Waals surface area contributed by atoms with Crippen molar-refractivity contribution >= 4 is 39.6 Å². The van der Waals surface area contributed by atoms with Gasteiger partial charge in [0.15, 0.2) is 11.5 Å². The molecule has 8 nitrogen and oxygen atoms in total. The minimum absolute atomic E-state index is 0.112. The maximum atomic E-state index is 12.2. The summed E-state index contributed by atoms with van der Waals surface area (Å²) < 4.78 is 10.5. The first-order chi connectivity index (χ1) is 13.5. The van der Waals surface area contributed by atoms with Gasteiger partial charge in [-0.3, -0.25) is 14.9 Å². The van der Waals surface area contributed by atoms with Gasteiger partial charge < -0.3 is 14.8 Å². The van der Waals surface area contributed by atoms with E-state index in [1.54, 1.807) is 30.3 Å². The molecule has 0 spiro atoms. The van der Waals surface area contributed by atoms with Crippen LogP contribution in [0.4, 0.5) is 5.00 Å². The summed E-state index contributed by atoms with van der Waals surface area (Å²) in [4.78, 5) is 35.1. The van der Waals surface area contributed by atoms with Crippen LogP contribution in [-0.4, -0.2) is 23.9 Å². The smallest absolute Gasteiger partial charge is 0.354 e. The third kappa shape index (κ3) is 4.53. The first-order valence-electron chi connectivity index (χ1n) is 7.93. The van der Waals surface area contributed by atoms with Crippen molar-refractivity contribution in [2.75, 3.05) is 7.11 Å². The Balaban J connectivity index is 1.67. The molecule has 3 rings (SSSR count). The van der Waals surface area contributed by atoms with Gasteiger partial charge in [0.25, 0.3) is 5.91 Å². The number of rotatable bonds is 7. The Bertz CT molecular complexity index is 1010. The van der Waals surface area contributed by atoms with Crippen LogP contribution < -0.4 is 14.8 Å². The van der Waals surface area contributed by atoms with Gasteiger partial charge in [-0.2, -0.15) is 0 Å². The minimum atomic E-state index is -0.713. The van der Waals surface area contributed by atoms with Gasteiger partial charge in [0.05, 0.1) is 16.9 Å². The van der Waals surface area contributed by atoms with E-state index < -0.39 is 10.9 Å². The number of nitrogens with one attached hydrogen (secondary N) is 1. The number of amides is 1. The summed E-state index contributed by atoms with van der Waals surface area (Å²) in [6, 6.07) is 11.0. The van der Waals surface area contributed by atoms with Crippen molar-refractivity contribution in [2.45, 2.75) is 6.54 Å². The second-order valence-corrected chi connectivity index (χ2v) is 7.44. The number of ether oxygens (including phenoxy) is 2. The van der Waals surface area contributed by atoms with Crippen molar-refractivity contribution in [3.8, 4) is 11.5 Å². The van der Waals surface area contributed by atoms with E-state index in [4.69, 9.17) is 9.47 Å². The Kier molecular flexibility index (Phi) is 6.02. The average molecular weight is 418 g/mol. The summed E-state index contributed by atoms with van der Waals surface area (Å²) in [5.74, 6) is -0.405. The molecule has 0 unspecified atom stereocenters. The maximum Gasteiger partial charge on any atom is 0.354 e. The number of hydrogen-bond acceptors (Lipinski definition) is 8. The second-order valence-electron chi connectivity index (χ2n) is 5.43. The summed E-state index contributed by atoms with van der Waals surface area (Å²) in [6.45, 7) is 0.276. The van der Waals surface area contributed by atoms with E-state index in [9.17, 15) is 19.7 Å². The largest absolute Gasteiger partial charge is 0.493 e. The van der Waals surface area contributed by atoms with Gasteiger partial charge in [-0.15, -0.1) is 11.3 Å². The molecule has 1 N–H and O–H groups in total. The maximum absolute atomic E-state index is 12.2. The van der Waals surface area contributed by atoms with Crippen molar-refractivity contribution in [1.82, 2.24) is 5.32 Å². The Hall–Kier alpha value is -3.24. The molecule has 0 atom stereocenters. The number of carbonyl (C=O) groups excluding carboxylic acids is 2. The highest BCUT2D eigenvalue weighted by Gasteiger charge is 2.19. The number of esters is 1. The molecule has 10 heteroatoms. The van der Waals surface area contributed by atoms with Crippen LogP contribution in [0.15, 0.2) is 47.8 Å². The fourth-order valence-electron chi connectivity index (χ4n) is 2.27. The Morgan fingerprint density at radius 3 is 2.61 bits per heavy atom. The van der Waals surface area contributed by atoms with Crippen LogP contribution in [-0.2, 0) is 6.54 Å². The highest BCUT2D eigenvalue weighted by Crippen LogP contribution is 2.31. The van der Waals surface area contributed by atoms with Gasteiger partial charge in [0.1, 0.15) is 4.88 Å². The first kappa shape index (κ1) is 19.5. The monoisotopic (exact) mass is 418 g/mol. The quantitative estimate of drug-likeness (QED) is 0.270. The van der Waals surface area contributed by atoms with E-state index in [1.165, 1.54) is 30.6 Å². The molecule has 0 radical (unpaired) electrons. The number of thiophene rings is 2. The van der Waals surface area contributed by atoms with Crippen molar-refractivity contribution < 1.29 is 24.0 Å². The van der Waals surface area contributed by atoms with Crippen molar-refractivity contribution in [2.24, 2.45) is 0 Å². The van der Waals surface area contributed by atoms with E-state index in [-0.39, 0.29) is 28.1 Å². The molecular formula is C18H14N2O6S2. The van der Waals surface area contributed by atoms with E-state index in [2.05, 4.69) is 5.32 Å². The second kappa shape index (κ2) is 8.63. The van der Waals surface area contributed by atoms with Crippen LogP contribution in [0.1, 0.15) is 24.9 Å². The fourth-order valence-corrected chi connectivity index (χ4v) is 3.61. The number of benzene rings is 1. The molecule has 2 aromatic heterocycles. The predicted molar refractivity (Wildman–Crippen MR) is 104 cm³/mol. The van der Waals surface area contributed by atoms with Gasteiger partial charge in [0.2, 0.25) is 0 Å². The van der Waals surface area contributed by atoms with Crippen LogP contribution in [0.3, 0.4) is 0 Å². The lowest BCUT2D eigenvalue weighted by Crippen LogP contribution is -2.21. The van der Waals surface area contributed by atoms with E-state index in [0.717, 1.165) is 16.9 Å². The van der Waals surface area contributed by atoms with E-state index in [0.29, 0.717) is 10.6 Å². The van der Waals surface area contributed by atoms with Crippen molar-refractivity contribution in [1.29, 1.82) is 0 Å². The average Bonchev–Trinajstić information content (AvgIpc) is 3.38. The molecule has 0 aliphatic heterocycles. The zero-order chi connectivity index (χ0) is 20.1. The molecule has 144 valence electrons. The summed E-state index contributed by atoms with van der Waals surface area (Å²) in [6.07, 6.45) is 0. The highest BCUT2D eigenvalue weighted by molar-refractivity contribution is 7.17. The van der Waals surface area contributed by atoms with Crippen LogP contribution in [0.5, 0.6) is 11.5 Å². The van der Waals surface area contributed by atoms with Crippen molar-refractivity contribution in [3.05, 3.63) is 73.3 Å². The highest BCUT2D eigenvalue weighted by atomic mass is 32.1. The minimum Gasteiger partial charge on any atom is -0.493 e. The molecule has 2 heterocycles. The standard InChI is InChI=1S/C18H14N2O6S2/c1-25-13-9-11(10-19-17(21)14-3-2-8-27-14)4-5-12(13)26-18(22)15-6-7-16(28-15)20(23)24/h2-9H,10H2,1H3,(H,19,21). The predicted octanol–water partition coefficient (Wildman–Crippen LogP) is 3.88. The van der Waals surface area contributed by atoms with E-state index >= 15 is 0 Å². The molecule has 28 heavy (non-hydrogen) atoms. The van der Waals surface area contributed by atoms with Gasteiger partial charge >= 0.3 is 11.0 Å². The van der Waals surface area contributed by atoms with Gasteiger partial charge in [-0.05, 0) is 35.2 Å². The molecular weight excluding hydrogens is 404 g/mol. The zero-order valence-corrected chi connectivity index (χ0v) is 16.2. The van der Waals surface area contributed by atoms with Gasteiger partial charge in [-0.25, -0.2) is 4.79 Å². The van der Waals surface area contributed by atoms with Crippen molar-refractivity contribution in [3.63, 3.8) is 0 Å². The Morgan fingerprint density at radius 2 is 1.96 bits per heavy atom. The molecule has 0 fully saturated rings. The molecule has 1 amide bonds. The fraction of sp³-hybridized carbons (Fsp3) is 0.111. The molecule has 0 aliphatic rings. The van der Waals surface area contributed by atoms with Gasteiger partial charge in [-0.1, -0.05) is 23.5 Å². The molecule has 0 bridgehead atoms. The zero-order valence-electron chi connectivity index (χ0n) is 14.5. The summed E-state index contributed by atoms with van der Waals surface area (Å²) in [5, 5.41) is 15.2. The van der Waals surface area contributed by atoms with Crippen LogP contribution in [0.2, 0.25) is 0 Å². The topological polar surface area (TPSA) is 108 Å². The molecule has 1 aromatic carbocycles. The molecule has 0 saturated carbocycles. The molecule has 3 aromatic rings.